The molecule has 0 radical (unpaired) electrons. The molecule has 1 saturated heterocycles. The Morgan fingerprint density at radius 2 is 2.17 bits per heavy atom. The van der Waals surface area contributed by atoms with Crippen LogP contribution in [0.4, 0.5) is 4.39 Å². The van der Waals surface area contributed by atoms with Crippen molar-refractivity contribution in [1.29, 1.82) is 0 Å². The molecule has 1 fully saturated rings. The second kappa shape index (κ2) is 2.87. The minimum Gasteiger partial charge on any atom is -0.310 e. The van der Waals surface area contributed by atoms with Gasteiger partial charge in [0.25, 0.3) is 0 Å². The molecule has 0 aromatic heterocycles. The smallest absolute Gasteiger partial charge is 0.123 e. The molecule has 1 N–H and O–H groups in total. The summed E-state index contributed by atoms with van der Waals surface area (Å²) in [6.07, 6.45) is 1.13. The topological polar surface area (TPSA) is 12.0 Å². The molecule has 1 aliphatic rings. The molecular weight excluding hydrogens is 153 g/mol. The van der Waals surface area contributed by atoms with Crippen molar-refractivity contribution in [1.82, 2.24) is 5.32 Å². The van der Waals surface area contributed by atoms with Crippen LogP contribution in [0.2, 0.25) is 0 Å². The quantitative estimate of drug-likeness (QED) is 0.672. The van der Waals surface area contributed by atoms with Gasteiger partial charge in [-0.1, -0.05) is 6.07 Å². The summed E-state index contributed by atoms with van der Waals surface area (Å²) in [6.45, 7) is 2.98. The first-order chi connectivity index (χ1) is 5.75. The average Bonchev–Trinajstić information content (AvgIpc) is 1.79. The highest BCUT2D eigenvalue weighted by Gasteiger charge is 2.18. The van der Waals surface area contributed by atoms with Gasteiger partial charge in [0.2, 0.25) is 0 Å². The van der Waals surface area contributed by atoms with Gasteiger partial charge in [-0.15, -0.1) is 0 Å². The van der Waals surface area contributed by atoms with E-state index in [1.165, 1.54) is 0 Å². The van der Waals surface area contributed by atoms with Gasteiger partial charge < -0.3 is 5.32 Å². The maximum absolute atomic E-state index is 12.9. The summed E-state index contributed by atoms with van der Waals surface area (Å²) in [5, 5.41) is 3.25. The normalized spacial score (nSPS) is 22.0. The Kier molecular flexibility index (Phi) is 1.85. The summed E-state index contributed by atoms with van der Waals surface area (Å²) in [5.74, 6) is -0.126. The molecule has 0 spiro atoms. The summed E-state index contributed by atoms with van der Waals surface area (Å²) >= 11 is 0. The molecule has 1 aromatic carbocycles. The molecule has 64 valence electrons. The van der Waals surface area contributed by atoms with Gasteiger partial charge in [0.05, 0.1) is 0 Å². The van der Waals surface area contributed by atoms with Gasteiger partial charge >= 0.3 is 0 Å². The number of nitrogens with one attached hydrogen (secondary N) is 1. The minimum absolute atomic E-state index is 0.126. The Bertz CT molecular complexity index is 272. The molecule has 1 aromatic rings. The van der Waals surface area contributed by atoms with Gasteiger partial charge in [-0.3, -0.25) is 0 Å². The highest BCUT2D eigenvalue weighted by molar-refractivity contribution is 5.27. The van der Waals surface area contributed by atoms with Gasteiger partial charge in [-0.25, -0.2) is 4.39 Å². The van der Waals surface area contributed by atoms with Crippen molar-refractivity contribution in [2.45, 2.75) is 19.4 Å². The van der Waals surface area contributed by atoms with E-state index in [2.05, 4.69) is 5.32 Å². The monoisotopic (exact) mass is 165 g/mol. The predicted octanol–water partition coefficient (Wildman–Crippen LogP) is 2.17. The fourth-order valence-corrected chi connectivity index (χ4v) is 1.54. The van der Waals surface area contributed by atoms with E-state index in [4.69, 9.17) is 0 Å². The molecule has 0 aliphatic carbocycles. The highest BCUT2D eigenvalue weighted by Crippen LogP contribution is 2.24. The summed E-state index contributed by atoms with van der Waals surface area (Å²) in [4.78, 5) is 0. The van der Waals surface area contributed by atoms with Crippen LogP contribution in [0.5, 0.6) is 0 Å². The third-order valence-corrected chi connectivity index (χ3v) is 2.29. The molecule has 0 bridgehead atoms. The van der Waals surface area contributed by atoms with Crippen LogP contribution in [-0.2, 0) is 0 Å². The zero-order valence-corrected chi connectivity index (χ0v) is 7.10. The molecule has 0 unspecified atom stereocenters. The second-order valence-corrected chi connectivity index (χ2v) is 3.36. The predicted molar refractivity (Wildman–Crippen MR) is 46.5 cm³/mol. The van der Waals surface area contributed by atoms with Crippen molar-refractivity contribution >= 4 is 0 Å². The Balaban J connectivity index is 2.30. The standard InChI is InChI=1S/C10H12FN/c1-7-4-8(6-9(11)5-7)10-2-3-12-10/h4-6,10,12H,2-3H2,1H3/t10-/m1/s1. The van der Waals surface area contributed by atoms with Crippen LogP contribution < -0.4 is 5.32 Å². The lowest BCUT2D eigenvalue weighted by atomic mass is 9.96. The van der Waals surface area contributed by atoms with Gasteiger partial charge in [0.15, 0.2) is 0 Å². The van der Waals surface area contributed by atoms with Crippen molar-refractivity contribution < 1.29 is 4.39 Å². The third kappa shape index (κ3) is 1.34. The summed E-state index contributed by atoms with van der Waals surface area (Å²) in [6, 6.07) is 5.60. The lowest BCUT2D eigenvalue weighted by Crippen LogP contribution is -2.34. The van der Waals surface area contributed by atoms with E-state index in [1.807, 2.05) is 13.0 Å². The number of aryl methyl sites for hydroxylation is 1. The van der Waals surface area contributed by atoms with Crippen molar-refractivity contribution in [2.75, 3.05) is 6.54 Å². The first-order valence-electron chi connectivity index (χ1n) is 4.26. The molecule has 0 saturated carbocycles. The molecule has 1 nitrogen and oxygen atoms in total. The van der Waals surface area contributed by atoms with Crippen molar-refractivity contribution in [3.8, 4) is 0 Å². The maximum Gasteiger partial charge on any atom is 0.123 e. The SMILES string of the molecule is Cc1cc(F)cc([C@H]2CCN2)c1. The zero-order valence-electron chi connectivity index (χ0n) is 7.10. The van der Waals surface area contributed by atoms with Crippen LogP contribution in [-0.4, -0.2) is 6.54 Å². The highest BCUT2D eigenvalue weighted by atomic mass is 19.1. The molecular formula is C10H12FN. The molecule has 12 heavy (non-hydrogen) atoms. The first-order valence-corrected chi connectivity index (χ1v) is 4.26. The first kappa shape index (κ1) is 7.74. The van der Waals surface area contributed by atoms with Crippen LogP contribution in [0.15, 0.2) is 18.2 Å². The van der Waals surface area contributed by atoms with Crippen LogP contribution in [0.25, 0.3) is 0 Å². The van der Waals surface area contributed by atoms with E-state index in [-0.39, 0.29) is 5.82 Å². The largest absolute Gasteiger partial charge is 0.310 e. The zero-order chi connectivity index (χ0) is 8.55. The molecule has 2 heteroatoms. The lowest BCUT2D eigenvalue weighted by Gasteiger charge is -2.28. The van der Waals surface area contributed by atoms with Gasteiger partial charge in [0.1, 0.15) is 5.82 Å². The molecule has 1 heterocycles. The number of benzene rings is 1. The van der Waals surface area contributed by atoms with Crippen LogP contribution in [0.1, 0.15) is 23.6 Å². The van der Waals surface area contributed by atoms with Crippen molar-refractivity contribution in [3.63, 3.8) is 0 Å². The van der Waals surface area contributed by atoms with Gasteiger partial charge in [0, 0.05) is 6.04 Å². The fraction of sp³-hybridized carbons (Fsp3) is 0.400. The van der Waals surface area contributed by atoms with E-state index in [0.717, 1.165) is 24.1 Å². The lowest BCUT2D eigenvalue weighted by molar-refractivity contribution is 0.381. The van der Waals surface area contributed by atoms with E-state index in [9.17, 15) is 4.39 Å². The summed E-state index contributed by atoms with van der Waals surface area (Å²) < 4.78 is 12.9. The fourth-order valence-electron chi connectivity index (χ4n) is 1.54. The van der Waals surface area contributed by atoms with Crippen LogP contribution in [0, 0.1) is 12.7 Å². The number of halogens is 1. The van der Waals surface area contributed by atoms with E-state index in [0.29, 0.717) is 6.04 Å². The van der Waals surface area contributed by atoms with Crippen molar-refractivity contribution in [3.05, 3.63) is 35.1 Å². The Hall–Kier alpha value is -0.890. The van der Waals surface area contributed by atoms with Crippen molar-refractivity contribution in [2.24, 2.45) is 0 Å². The van der Waals surface area contributed by atoms with E-state index < -0.39 is 0 Å². The number of hydrogen-bond donors (Lipinski definition) is 1. The maximum atomic E-state index is 12.9. The van der Waals surface area contributed by atoms with Gasteiger partial charge in [-0.2, -0.15) is 0 Å². The molecule has 1 aliphatic heterocycles. The van der Waals surface area contributed by atoms with E-state index in [1.54, 1.807) is 12.1 Å². The van der Waals surface area contributed by atoms with Crippen LogP contribution >= 0.6 is 0 Å². The molecule has 0 amide bonds. The van der Waals surface area contributed by atoms with Gasteiger partial charge in [-0.05, 0) is 43.1 Å². The Labute approximate surface area is 71.6 Å². The minimum atomic E-state index is -0.126. The van der Waals surface area contributed by atoms with E-state index >= 15 is 0 Å². The summed E-state index contributed by atoms with van der Waals surface area (Å²) in [5.41, 5.74) is 2.08. The Morgan fingerprint density at radius 3 is 2.67 bits per heavy atom. The third-order valence-electron chi connectivity index (χ3n) is 2.29. The second-order valence-electron chi connectivity index (χ2n) is 3.36. The summed E-state index contributed by atoms with van der Waals surface area (Å²) in [7, 11) is 0. The number of hydrogen-bond acceptors (Lipinski definition) is 1. The molecule has 1 atom stereocenters. The molecule has 2 rings (SSSR count). The average molecular weight is 165 g/mol. The Morgan fingerprint density at radius 1 is 1.42 bits per heavy atom. The number of rotatable bonds is 1. The van der Waals surface area contributed by atoms with Crippen LogP contribution in [0.3, 0.4) is 0 Å².